The SMILES string of the molecule is COC(=O)c1occc1CNCc1ccc(C)s1. The molecule has 1 N–H and O–H groups in total. The highest BCUT2D eigenvalue weighted by Gasteiger charge is 2.15. The van der Waals surface area contributed by atoms with Gasteiger partial charge in [0.2, 0.25) is 5.76 Å². The van der Waals surface area contributed by atoms with Gasteiger partial charge in [-0.2, -0.15) is 0 Å². The Hall–Kier alpha value is -1.59. The molecular formula is C13H15NO3S. The van der Waals surface area contributed by atoms with Crippen molar-refractivity contribution < 1.29 is 13.9 Å². The van der Waals surface area contributed by atoms with Crippen molar-refractivity contribution in [3.63, 3.8) is 0 Å². The van der Waals surface area contributed by atoms with Gasteiger partial charge in [0.05, 0.1) is 13.4 Å². The Kier molecular flexibility index (Phi) is 4.17. The summed E-state index contributed by atoms with van der Waals surface area (Å²) in [5.41, 5.74) is 0.815. The number of aryl methyl sites for hydroxylation is 1. The minimum atomic E-state index is -0.441. The number of rotatable bonds is 5. The van der Waals surface area contributed by atoms with Gasteiger partial charge in [-0.05, 0) is 25.1 Å². The monoisotopic (exact) mass is 265 g/mol. The van der Waals surface area contributed by atoms with Crippen molar-refractivity contribution in [2.75, 3.05) is 7.11 Å². The number of hydrogen-bond donors (Lipinski definition) is 1. The maximum atomic E-state index is 11.4. The van der Waals surface area contributed by atoms with E-state index in [2.05, 4.69) is 29.1 Å². The normalized spacial score (nSPS) is 10.6. The Morgan fingerprint density at radius 1 is 1.39 bits per heavy atom. The van der Waals surface area contributed by atoms with E-state index >= 15 is 0 Å². The number of methoxy groups -OCH3 is 1. The van der Waals surface area contributed by atoms with Gasteiger partial charge >= 0.3 is 5.97 Å². The van der Waals surface area contributed by atoms with Gasteiger partial charge in [0.25, 0.3) is 0 Å². The predicted molar refractivity (Wildman–Crippen MR) is 69.6 cm³/mol. The van der Waals surface area contributed by atoms with E-state index in [0.717, 1.165) is 12.1 Å². The number of furan rings is 1. The third-order valence-corrected chi connectivity index (χ3v) is 3.53. The molecule has 4 nitrogen and oxygen atoms in total. The highest BCUT2D eigenvalue weighted by Crippen LogP contribution is 2.15. The second kappa shape index (κ2) is 5.84. The number of ether oxygens (including phenoxy) is 1. The first-order valence-electron chi connectivity index (χ1n) is 5.61. The van der Waals surface area contributed by atoms with E-state index < -0.39 is 5.97 Å². The Balaban J connectivity index is 1.90. The van der Waals surface area contributed by atoms with Crippen LogP contribution in [0.25, 0.3) is 0 Å². The van der Waals surface area contributed by atoms with Crippen molar-refractivity contribution in [2.45, 2.75) is 20.0 Å². The van der Waals surface area contributed by atoms with Crippen LogP contribution in [0.3, 0.4) is 0 Å². The second-order valence-electron chi connectivity index (χ2n) is 3.88. The predicted octanol–water partition coefficient (Wildman–Crippen LogP) is 2.73. The topological polar surface area (TPSA) is 51.5 Å². The van der Waals surface area contributed by atoms with Crippen molar-refractivity contribution in [1.82, 2.24) is 5.32 Å². The molecule has 5 heteroatoms. The molecular weight excluding hydrogens is 250 g/mol. The van der Waals surface area contributed by atoms with Gasteiger partial charge < -0.3 is 14.5 Å². The van der Waals surface area contributed by atoms with Crippen LogP contribution in [0.2, 0.25) is 0 Å². The fourth-order valence-electron chi connectivity index (χ4n) is 1.65. The highest BCUT2D eigenvalue weighted by atomic mass is 32.1. The van der Waals surface area contributed by atoms with Crippen LogP contribution in [0.5, 0.6) is 0 Å². The molecule has 0 saturated heterocycles. The van der Waals surface area contributed by atoms with Crippen molar-refractivity contribution in [3.8, 4) is 0 Å². The Morgan fingerprint density at radius 2 is 2.22 bits per heavy atom. The zero-order valence-electron chi connectivity index (χ0n) is 10.4. The van der Waals surface area contributed by atoms with E-state index in [1.54, 1.807) is 17.4 Å². The van der Waals surface area contributed by atoms with Gasteiger partial charge in [-0.1, -0.05) is 0 Å². The number of nitrogens with one attached hydrogen (secondary N) is 1. The van der Waals surface area contributed by atoms with E-state index in [1.807, 2.05) is 0 Å². The minimum Gasteiger partial charge on any atom is -0.463 e. The van der Waals surface area contributed by atoms with Crippen LogP contribution < -0.4 is 5.32 Å². The maximum Gasteiger partial charge on any atom is 0.374 e. The molecule has 0 unspecified atom stereocenters. The summed E-state index contributed by atoms with van der Waals surface area (Å²) in [5.74, 6) is -0.170. The average molecular weight is 265 g/mol. The van der Waals surface area contributed by atoms with Crippen molar-refractivity contribution >= 4 is 17.3 Å². The number of carbonyl (C=O) groups is 1. The van der Waals surface area contributed by atoms with Gasteiger partial charge in [0.15, 0.2) is 0 Å². The lowest BCUT2D eigenvalue weighted by Gasteiger charge is -2.03. The Morgan fingerprint density at radius 3 is 2.89 bits per heavy atom. The number of carbonyl (C=O) groups excluding carboxylic acids is 1. The molecule has 0 saturated carbocycles. The third-order valence-electron chi connectivity index (χ3n) is 2.53. The molecule has 18 heavy (non-hydrogen) atoms. The summed E-state index contributed by atoms with van der Waals surface area (Å²) in [5, 5.41) is 3.28. The summed E-state index contributed by atoms with van der Waals surface area (Å²) in [4.78, 5) is 14.0. The van der Waals surface area contributed by atoms with Gasteiger partial charge in [-0.15, -0.1) is 11.3 Å². The van der Waals surface area contributed by atoms with E-state index in [1.165, 1.54) is 23.1 Å². The van der Waals surface area contributed by atoms with E-state index in [9.17, 15) is 4.79 Å². The Bertz CT molecular complexity index is 530. The maximum absolute atomic E-state index is 11.4. The van der Waals surface area contributed by atoms with Crippen molar-refractivity contribution in [3.05, 3.63) is 45.5 Å². The number of thiophene rings is 1. The fraction of sp³-hybridized carbons (Fsp3) is 0.308. The molecule has 0 radical (unpaired) electrons. The smallest absolute Gasteiger partial charge is 0.374 e. The van der Waals surface area contributed by atoms with Crippen LogP contribution in [0.15, 0.2) is 28.9 Å². The fourth-order valence-corrected chi connectivity index (χ4v) is 2.51. The van der Waals surface area contributed by atoms with Crippen LogP contribution in [-0.4, -0.2) is 13.1 Å². The molecule has 0 fully saturated rings. The van der Waals surface area contributed by atoms with E-state index in [4.69, 9.17) is 4.42 Å². The molecule has 2 aromatic heterocycles. The minimum absolute atomic E-state index is 0.271. The van der Waals surface area contributed by atoms with Crippen molar-refractivity contribution in [2.24, 2.45) is 0 Å². The molecule has 0 spiro atoms. The molecule has 0 aliphatic rings. The molecule has 0 amide bonds. The molecule has 0 aliphatic carbocycles. The summed E-state index contributed by atoms with van der Waals surface area (Å²) in [6.45, 7) is 3.45. The third kappa shape index (κ3) is 3.00. The largest absolute Gasteiger partial charge is 0.463 e. The van der Waals surface area contributed by atoms with Gasteiger partial charge in [0, 0.05) is 28.4 Å². The molecule has 2 aromatic rings. The molecule has 0 atom stereocenters. The molecule has 96 valence electrons. The summed E-state index contributed by atoms with van der Waals surface area (Å²) >= 11 is 1.76. The van der Waals surface area contributed by atoms with Gasteiger partial charge in [0.1, 0.15) is 0 Å². The zero-order chi connectivity index (χ0) is 13.0. The summed E-state index contributed by atoms with van der Waals surface area (Å²) in [6.07, 6.45) is 1.50. The molecule has 0 bridgehead atoms. The zero-order valence-corrected chi connectivity index (χ0v) is 11.2. The standard InChI is InChI=1S/C13H15NO3S/c1-9-3-4-11(18-9)8-14-7-10-5-6-17-12(10)13(15)16-2/h3-6,14H,7-8H2,1-2H3. The highest BCUT2D eigenvalue weighted by molar-refractivity contribution is 7.11. The summed E-state index contributed by atoms with van der Waals surface area (Å²) in [7, 11) is 1.34. The summed E-state index contributed by atoms with van der Waals surface area (Å²) < 4.78 is 9.76. The van der Waals surface area contributed by atoms with E-state index in [0.29, 0.717) is 6.54 Å². The first kappa shape index (κ1) is 12.9. The first-order valence-corrected chi connectivity index (χ1v) is 6.43. The van der Waals surface area contributed by atoms with E-state index in [-0.39, 0.29) is 5.76 Å². The molecule has 0 aliphatic heterocycles. The first-order chi connectivity index (χ1) is 8.70. The molecule has 2 rings (SSSR count). The number of esters is 1. The van der Waals surface area contributed by atoms with Crippen LogP contribution >= 0.6 is 11.3 Å². The van der Waals surface area contributed by atoms with Gasteiger partial charge in [-0.25, -0.2) is 4.79 Å². The Labute approximate surface area is 110 Å². The van der Waals surface area contributed by atoms with Gasteiger partial charge in [-0.3, -0.25) is 0 Å². The lowest BCUT2D eigenvalue weighted by molar-refractivity contribution is 0.0563. The molecule has 0 aromatic carbocycles. The average Bonchev–Trinajstić information content (AvgIpc) is 2.98. The van der Waals surface area contributed by atoms with Crippen LogP contribution in [-0.2, 0) is 17.8 Å². The van der Waals surface area contributed by atoms with Crippen LogP contribution in [0.1, 0.15) is 25.9 Å². The second-order valence-corrected chi connectivity index (χ2v) is 5.25. The number of hydrogen-bond acceptors (Lipinski definition) is 5. The van der Waals surface area contributed by atoms with Crippen LogP contribution in [0, 0.1) is 6.92 Å². The van der Waals surface area contributed by atoms with Crippen LogP contribution in [0.4, 0.5) is 0 Å². The summed E-state index contributed by atoms with van der Waals surface area (Å²) in [6, 6.07) is 5.97. The lowest BCUT2D eigenvalue weighted by Crippen LogP contribution is -2.14. The molecule has 2 heterocycles. The quantitative estimate of drug-likeness (QED) is 0.845. The van der Waals surface area contributed by atoms with Crippen molar-refractivity contribution in [1.29, 1.82) is 0 Å². The lowest BCUT2D eigenvalue weighted by atomic mass is 10.2.